The molecule has 0 saturated heterocycles. The smallest absolute Gasteiger partial charge is 0.131 e. The van der Waals surface area contributed by atoms with Crippen molar-refractivity contribution in [1.29, 1.82) is 0 Å². The predicted molar refractivity (Wildman–Crippen MR) is 74.8 cm³/mol. The Kier molecular flexibility index (Phi) is 4.42. The molecule has 0 spiro atoms. The second-order valence-electron chi connectivity index (χ2n) is 4.25. The second-order valence-corrected chi connectivity index (χ2v) is 4.25. The molecule has 0 radical (unpaired) electrons. The van der Waals surface area contributed by atoms with Gasteiger partial charge in [0.25, 0.3) is 0 Å². The van der Waals surface area contributed by atoms with Crippen LogP contribution >= 0.6 is 0 Å². The molecule has 1 N–H and O–H groups in total. The molecule has 2 rings (SSSR count). The topological polar surface area (TPSA) is 38.7 Å². The van der Waals surface area contributed by atoms with Crippen molar-refractivity contribution in [2.45, 2.75) is 20.0 Å². The molecule has 0 aliphatic carbocycles. The highest BCUT2D eigenvalue weighted by Crippen LogP contribution is 2.26. The van der Waals surface area contributed by atoms with E-state index in [0.29, 0.717) is 6.61 Å². The van der Waals surface area contributed by atoms with Crippen molar-refractivity contribution < 1.29 is 14.6 Å². The van der Waals surface area contributed by atoms with Gasteiger partial charge in [0.05, 0.1) is 12.7 Å². The van der Waals surface area contributed by atoms with Gasteiger partial charge in [0.1, 0.15) is 17.2 Å². The molecule has 2 aromatic rings. The summed E-state index contributed by atoms with van der Waals surface area (Å²) in [5, 5.41) is 9.44. The first-order chi connectivity index (χ1) is 9.19. The van der Waals surface area contributed by atoms with Crippen LogP contribution in [0.1, 0.15) is 25.5 Å². The van der Waals surface area contributed by atoms with Crippen molar-refractivity contribution in [3.05, 3.63) is 54.1 Å². The molecule has 0 aromatic heterocycles. The van der Waals surface area contributed by atoms with Gasteiger partial charge in [0, 0.05) is 6.07 Å². The third kappa shape index (κ3) is 3.73. The molecular formula is C16H18O3. The van der Waals surface area contributed by atoms with E-state index in [-0.39, 0.29) is 0 Å². The van der Waals surface area contributed by atoms with Gasteiger partial charge in [-0.1, -0.05) is 18.2 Å². The summed E-state index contributed by atoms with van der Waals surface area (Å²) in [7, 11) is 0. The fourth-order valence-corrected chi connectivity index (χ4v) is 1.74. The molecule has 0 fully saturated rings. The fraction of sp³-hybridized carbons (Fsp3) is 0.250. The van der Waals surface area contributed by atoms with Crippen LogP contribution in [0.15, 0.2) is 48.5 Å². The first-order valence-electron chi connectivity index (χ1n) is 6.38. The molecule has 0 saturated carbocycles. The maximum absolute atomic E-state index is 9.44. The van der Waals surface area contributed by atoms with Crippen LogP contribution < -0.4 is 9.47 Å². The lowest BCUT2D eigenvalue weighted by Crippen LogP contribution is -1.92. The van der Waals surface area contributed by atoms with Crippen molar-refractivity contribution >= 4 is 0 Å². The molecular weight excluding hydrogens is 240 g/mol. The van der Waals surface area contributed by atoms with Crippen molar-refractivity contribution in [3.63, 3.8) is 0 Å². The molecule has 0 bridgehead atoms. The molecule has 0 unspecified atom stereocenters. The lowest BCUT2D eigenvalue weighted by Gasteiger charge is -2.09. The monoisotopic (exact) mass is 258 g/mol. The van der Waals surface area contributed by atoms with Gasteiger partial charge in [-0.2, -0.15) is 0 Å². The Hall–Kier alpha value is -2.00. The second kappa shape index (κ2) is 6.25. The Morgan fingerprint density at radius 1 is 1.00 bits per heavy atom. The van der Waals surface area contributed by atoms with Crippen LogP contribution in [-0.2, 0) is 0 Å². The van der Waals surface area contributed by atoms with Gasteiger partial charge in [0.2, 0.25) is 0 Å². The Morgan fingerprint density at radius 2 is 1.68 bits per heavy atom. The van der Waals surface area contributed by atoms with Crippen LogP contribution in [0.25, 0.3) is 0 Å². The number of rotatable bonds is 5. The minimum Gasteiger partial charge on any atom is -0.494 e. The first-order valence-corrected chi connectivity index (χ1v) is 6.38. The van der Waals surface area contributed by atoms with Crippen LogP contribution in [0, 0.1) is 0 Å². The van der Waals surface area contributed by atoms with Crippen LogP contribution in [0.3, 0.4) is 0 Å². The van der Waals surface area contributed by atoms with Gasteiger partial charge >= 0.3 is 0 Å². The lowest BCUT2D eigenvalue weighted by atomic mass is 10.1. The summed E-state index contributed by atoms with van der Waals surface area (Å²) in [4.78, 5) is 0. The number of ether oxygens (including phenoxy) is 2. The highest BCUT2D eigenvalue weighted by atomic mass is 16.5. The Morgan fingerprint density at radius 3 is 2.32 bits per heavy atom. The average molecular weight is 258 g/mol. The molecule has 0 heterocycles. The maximum Gasteiger partial charge on any atom is 0.131 e. The molecule has 1 atom stereocenters. The molecule has 0 aliphatic rings. The Labute approximate surface area is 113 Å². The van der Waals surface area contributed by atoms with Crippen molar-refractivity contribution in [2.24, 2.45) is 0 Å². The predicted octanol–water partition coefficient (Wildman–Crippen LogP) is 3.93. The fourth-order valence-electron chi connectivity index (χ4n) is 1.74. The molecule has 19 heavy (non-hydrogen) atoms. The van der Waals surface area contributed by atoms with Gasteiger partial charge in [-0.3, -0.25) is 0 Å². The van der Waals surface area contributed by atoms with E-state index in [2.05, 4.69) is 0 Å². The summed E-state index contributed by atoms with van der Waals surface area (Å²) in [6.45, 7) is 4.32. The molecule has 2 aromatic carbocycles. The third-order valence-corrected chi connectivity index (χ3v) is 2.71. The minimum atomic E-state index is -0.463. The number of benzene rings is 2. The largest absolute Gasteiger partial charge is 0.494 e. The van der Waals surface area contributed by atoms with Gasteiger partial charge in [-0.15, -0.1) is 0 Å². The van der Waals surface area contributed by atoms with Crippen LogP contribution in [0.2, 0.25) is 0 Å². The molecule has 0 aliphatic heterocycles. The minimum absolute atomic E-state index is 0.463. The zero-order valence-electron chi connectivity index (χ0n) is 11.2. The number of aliphatic hydroxyl groups excluding tert-OH is 1. The summed E-state index contributed by atoms with van der Waals surface area (Å²) in [6, 6.07) is 14.9. The molecule has 3 heteroatoms. The summed E-state index contributed by atoms with van der Waals surface area (Å²) >= 11 is 0. The number of hydrogen-bond acceptors (Lipinski definition) is 3. The van der Waals surface area contributed by atoms with E-state index in [4.69, 9.17) is 9.47 Å². The summed E-state index contributed by atoms with van der Waals surface area (Å²) in [5.41, 5.74) is 0.871. The van der Waals surface area contributed by atoms with E-state index >= 15 is 0 Å². The van der Waals surface area contributed by atoms with E-state index in [1.807, 2.05) is 55.5 Å². The highest BCUT2D eigenvalue weighted by Gasteiger charge is 2.02. The molecule has 3 nitrogen and oxygen atoms in total. The average Bonchev–Trinajstić information content (AvgIpc) is 2.40. The third-order valence-electron chi connectivity index (χ3n) is 2.71. The van der Waals surface area contributed by atoms with Crippen LogP contribution in [-0.4, -0.2) is 11.7 Å². The van der Waals surface area contributed by atoms with E-state index in [1.165, 1.54) is 0 Å². The van der Waals surface area contributed by atoms with Gasteiger partial charge in [-0.05, 0) is 43.7 Å². The van der Waals surface area contributed by atoms with Gasteiger partial charge < -0.3 is 14.6 Å². The zero-order chi connectivity index (χ0) is 13.7. The van der Waals surface area contributed by atoms with Crippen LogP contribution in [0.5, 0.6) is 17.2 Å². The molecule has 0 amide bonds. The highest BCUT2D eigenvalue weighted by molar-refractivity contribution is 5.37. The zero-order valence-corrected chi connectivity index (χ0v) is 11.2. The number of aliphatic hydroxyl groups is 1. The number of hydrogen-bond donors (Lipinski definition) is 1. The van der Waals surface area contributed by atoms with Crippen LogP contribution in [0.4, 0.5) is 0 Å². The van der Waals surface area contributed by atoms with Gasteiger partial charge in [-0.25, -0.2) is 0 Å². The first kappa shape index (κ1) is 13.4. The lowest BCUT2D eigenvalue weighted by molar-refractivity contribution is 0.199. The maximum atomic E-state index is 9.44. The van der Waals surface area contributed by atoms with Crippen molar-refractivity contribution in [3.8, 4) is 17.2 Å². The SMILES string of the molecule is CCOc1cccc(Oc2ccc([C@@H](C)O)cc2)c1. The van der Waals surface area contributed by atoms with Crippen molar-refractivity contribution in [1.82, 2.24) is 0 Å². The van der Waals surface area contributed by atoms with Crippen molar-refractivity contribution in [2.75, 3.05) is 6.61 Å². The summed E-state index contributed by atoms with van der Waals surface area (Å²) in [5.74, 6) is 2.26. The van der Waals surface area contributed by atoms with Gasteiger partial charge in [0.15, 0.2) is 0 Å². The van der Waals surface area contributed by atoms with E-state index in [9.17, 15) is 5.11 Å². The Balaban J connectivity index is 2.10. The standard InChI is InChI=1S/C16H18O3/c1-3-18-15-5-4-6-16(11-15)19-14-9-7-13(8-10-14)12(2)17/h4-12,17H,3H2,1-2H3/t12-/m1/s1. The Bertz CT molecular complexity index is 518. The van der Waals surface area contributed by atoms with E-state index < -0.39 is 6.10 Å². The normalized spacial score (nSPS) is 11.9. The molecule has 100 valence electrons. The van der Waals surface area contributed by atoms with E-state index in [1.54, 1.807) is 6.92 Å². The summed E-state index contributed by atoms with van der Waals surface area (Å²) in [6.07, 6.45) is -0.463. The summed E-state index contributed by atoms with van der Waals surface area (Å²) < 4.78 is 11.2. The van der Waals surface area contributed by atoms with E-state index in [0.717, 1.165) is 22.8 Å². The quantitative estimate of drug-likeness (QED) is 0.883.